The van der Waals surface area contributed by atoms with Crippen molar-refractivity contribution in [3.8, 4) is 67.5 Å². The molecule has 11 aromatic rings. The number of fused-ring (bicyclic) bond motifs is 6. The molecule has 0 amide bonds. The molecular formula is C51H31N3OS. The van der Waals surface area contributed by atoms with Crippen molar-refractivity contribution in [1.82, 2.24) is 15.0 Å². The predicted molar refractivity (Wildman–Crippen MR) is 233 cm³/mol. The van der Waals surface area contributed by atoms with Gasteiger partial charge in [-0.2, -0.15) is 0 Å². The van der Waals surface area contributed by atoms with Gasteiger partial charge in [0.2, 0.25) is 0 Å². The van der Waals surface area contributed by atoms with Gasteiger partial charge in [-0.3, -0.25) is 0 Å². The quantitative estimate of drug-likeness (QED) is 0.171. The fourth-order valence-electron chi connectivity index (χ4n) is 7.95. The monoisotopic (exact) mass is 733 g/mol. The van der Waals surface area contributed by atoms with E-state index < -0.39 is 0 Å². The molecule has 262 valence electrons. The number of benzene rings is 8. The molecule has 0 N–H and O–H groups in total. The molecule has 0 aliphatic heterocycles. The highest BCUT2D eigenvalue weighted by Gasteiger charge is 2.22. The van der Waals surface area contributed by atoms with Crippen molar-refractivity contribution < 1.29 is 4.42 Å². The van der Waals surface area contributed by atoms with Gasteiger partial charge in [-0.15, -0.1) is 11.3 Å². The van der Waals surface area contributed by atoms with Crippen molar-refractivity contribution in [2.24, 2.45) is 0 Å². The molecule has 0 aliphatic carbocycles. The fourth-order valence-corrected chi connectivity index (χ4v) is 9.21. The van der Waals surface area contributed by atoms with Crippen molar-refractivity contribution in [3.63, 3.8) is 0 Å². The van der Waals surface area contributed by atoms with Crippen LogP contribution in [0.4, 0.5) is 0 Å². The first kappa shape index (κ1) is 32.2. The zero-order valence-corrected chi connectivity index (χ0v) is 30.9. The summed E-state index contributed by atoms with van der Waals surface area (Å²) in [6.45, 7) is 0. The SMILES string of the molecule is c1ccc(-c2cccc(-c3ccc(-c4cccc5c4sc4cccc(-c6nc(-c7ccccc7)nc(-c7ccccc7)n6)c45)c4oc5ccccc5c34)c2)cc1. The van der Waals surface area contributed by atoms with Gasteiger partial charge >= 0.3 is 0 Å². The number of para-hydroxylation sites is 1. The predicted octanol–water partition coefficient (Wildman–Crippen LogP) is 14.1. The minimum absolute atomic E-state index is 0.647. The number of thiophene rings is 1. The van der Waals surface area contributed by atoms with Gasteiger partial charge in [0.05, 0.1) is 0 Å². The Bertz CT molecular complexity index is 3180. The van der Waals surface area contributed by atoms with Crippen LogP contribution in [0.15, 0.2) is 192 Å². The number of aromatic nitrogens is 3. The largest absolute Gasteiger partial charge is 0.455 e. The first-order chi connectivity index (χ1) is 27.8. The Labute approximate surface area is 327 Å². The van der Waals surface area contributed by atoms with Crippen molar-refractivity contribution >= 4 is 53.4 Å². The Morgan fingerprint density at radius 1 is 0.357 bits per heavy atom. The maximum Gasteiger partial charge on any atom is 0.164 e. The van der Waals surface area contributed by atoms with Crippen molar-refractivity contribution in [1.29, 1.82) is 0 Å². The van der Waals surface area contributed by atoms with E-state index in [1.807, 2.05) is 66.7 Å². The van der Waals surface area contributed by atoms with Crippen LogP contribution >= 0.6 is 11.3 Å². The smallest absolute Gasteiger partial charge is 0.164 e. The van der Waals surface area contributed by atoms with E-state index in [0.717, 1.165) is 71.7 Å². The summed E-state index contributed by atoms with van der Waals surface area (Å²) in [5.41, 5.74) is 11.5. The van der Waals surface area contributed by atoms with Crippen molar-refractivity contribution in [2.75, 3.05) is 0 Å². The molecule has 0 radical (unpaired) electrons. The van der Waals surface area contributed by atoms with E-state index in [1.54, 1.807) is 11.3 Å². The van der Waals surface area contributed by atoms with Gasteiger partial charge in [0.15, 0.2) is 17.5 Å². The summed E-state index contributed by atoms with van der Waals surface area (Å²) in [5.74, 6) is 1.94. The van der Waals surface area contributed by atoms with Crippen LogP contribution in [0.2, 0.25) is 0 Å². The fraction of sp³-hybridized carbons (Fsp3) is 0. The Morgan fingerprint density at radius 3 is 1.66 bits per heavy atom. The highest BCUT2D eigenvalue weighted by atomic mass is 32.1. The lowest BCUT2D eigenvalue weighted by molar-refractivity contribution is 0.670. The lowest BCUT2D eigenvalue weighted by Gasteiger charge is -2.11. The number of furan rings is 1. The molecule has 0 saturated carbocycles. The lowest BCUT2D eigenvalue weighted by Crippen LogP contribution is -2.00. The highest BCUT2D eigenvalue weighted by Crippen LogP contribution is 2.47. The Balaban J connectivity index is 1.12. The third-order valence-corrected chi connectivity index (χ3v) is 11.8. The molecule has 0 spiro atoms. The molecule has 0 unspecified atom stereocenters. The normalized spacial score (nSPS) is 11.6. The highest BCUT2D eigenvalue weighted by molar-refractivity contribution is 7.26. The number of hydrogen-bond acceptors (Lipinski definition) is 5. The van der Waals surface area contributed by atoms with Crippen LogP contribution in [0, 0.1) is 0 Å². The summed E-state index contributed by atoms with van der Waals surface area (Å²) >= 11 is 1.80. The molecule has 3 heterocycles. The summed E-state index contributed by atoms with van der Waals surface area (Å²) in [7, 11) is 0. The van der Waals surface area contributed by atoms with E-state index in [-0.39, 0.29) is 0 Å². The standard InChI is InChI=1S/C51H31N3OS/c1-4-15-32(16-5-1)35-21-12-22-36(31-35)37-29-30-38(47-46(37)40-23-10-11-27-43(40)55-47)39-24-13-25-41-45-42(26-14-28-44(45)56-48(39)41)51-53-49(33-17-6-2-7-18-33)52-50(54-51)34-19-8-3-9-20-34/h1-31H. The van der Waals surface area contributed by atoms with E-state index in [4.69, 9.17) is 19.4 Å². The van der Waals surface area contributed by atoms with Crippen molar-refractivity contribution in [3.05, 3.63) is 188 Å². The third-order valence-electron chi connectivity index (χ3n) is 10.6. The molecule has 8 aromatic carbocycles. The molecule has 0 atom stereocenters. The third kappa shape index (κ3) is 5.40. The molecule has 0 fully saturated rings. The van der Waals surface area contributed by atoms with Crippen LogP contribution in [0.3, 0.4) is 0 Å². The molecule has 0 aliphatic rings. The summed E-state index contributed by atoms with van der Waals surface area (Å²) in [6.07, 6.45) is 0. The number of hydrogen-bond donors (Lipinski definition) is 0. The lowest BCUT2D eigenvalue weighted by atomic mass is 9.92. The van der Waals surface area contributed by atoms with Crippen LogP contribution in [0.1, 0.15) is 0 Å². The second-order valence-corrected chi connectivity index (χ2v) is 15.0. The van der Waals surface area contributed by atoms with Crippen LogP contribution in [-0.4, -0.2) is 15.0 Å². The van der Waals surface area contributed by atoms with Crippen LogP contribution in [-0.2, 0) is 0 Å². The summed E-state index contributed by atoms with van der Waals surface area (Å²) in [5, 5.41) is 4.52. The van der Waals surface area contributed by atoms with Gasteiger partial charge in [0, 0.05) is 58.8 Å². The maximum absolute atomic E-state index is 6.82. The van der Waals surface area contributed by atoms with Gasteiger partial charge in [0.25, 0.3) is 0 Å². The second kappa shape index (κ2) is 13.3. The van der Waals surface area contributed by atoms with Gasteiger partial charge < -0.3 is 4.42 Å². The topological polar surface area (TPSA) is 51.8 Å². The van der Waals surface area contributed by atoms with Gasteiger partial charge in [0.1, 0.15) is 11.2 Å². The van der Waals surface area contributed by atoms with E-state index in [0.29, 0.717) is 17.5 Å². The molecule has 0 saturated heterocycles. The van der Waals surface area contributed by atoms with E-state index in [2.05, 4.69) is 121 Å². The Hall–Kier alpha value is -7.21. The average molecular weight is 734 g/mol. The molecular weight excluding hydrogens is 703 g/mol. The molecule has 4 nitrogen and oxygen atoms in total. The Kier molecular flexibility index (Phi) is 7.64. The first-order valence-electron chi connectivity index (χ1n) is 18.7. The van der Waals surface area contributed by atoms with Crippen LogP contribution < -0.4 is 0 Å². The van der Waals surface area contributed by atoms with Crippen LogP contribution in [0.25, 0.3) is 110 Å². The zero-order valence-electron chi connectivity index (χ0n) is 30.1. The molecule has 5 heteroatoms. The van der Waals surface area contributed by atoms with Gasteiger partial charge in [-0.1, -0.05) is 164 Å². The summed E-state index contributed by atoms with van der Waals surface area (Å²) < 4.78 is 9.18. The van der Waals surface area contributed by atoms with E-state index in [9.17, 15) is 0 Å². The summed E-state index contributed by atoms with van der Waals surface area (Å²) in [6, 6.07) is 65.5. The van der Waals surface area contributed by atoms with Gasteiger partial charge in [-0.05, 0) is 46.5 Å². The van der Waals surface area contributed by atoms with Gasteiger partial charge in [-0.25, -0.2) is 15.0 Å². The zero-order chi connectivity index (χ0) is 37.0. The number of rotatable bonds is 6. The summed E-state index contributed by atoms with van der Waals surface area (Å²) in [4.78, 5) is 15.2. The first-order valence-corrected chi connectivity index (χ1v) is 19.5. The molecule has 56 heavy (non-hydrogen) atoms. The van der Waals surface area contributed by atoms with E-state index in [1.165, 1.54) is 20.5 Å². The maximum atomic E-state index is 6.82. The molecule has 0 bridgehead atoms. The van der Waals surface area contributed by atoms with E-state index >= 15 is 0 Å². The number of nitrogens with zero attached hydrogens (tertiary/aromatic N) is 3. The van der Waals surface area contributed by atoms with Crippen LogP contribution in [0.5, 0.6) is 0 Å². The Morgan fingerprint density at radius 2 is 0.911 bits per heavy atom. The average Bonchev–Trinajstić information content (AvgIpc) is 3.86. The second-order valence-electron chi connectivity index (χ2n) is 13.9. The molecule has 11 rings (SSSR count). The minimum atomic E-state index is 0.647. The minimum Gasteiger partial charge on any atom is -0.455 e. The molecule has 3 aromatic heterocycles. The van der Waals surface area contributed by atoms with Crippen molar-refractivity contribution in [2.45, 2.75) is 0 Å².